The molecule has 0 nitrogen and oxygen atoms in total. The maximum absolute atomic E-state index is 3.75. The van der Waals surface area contributed by atoms with Crippen LogP contribution >= 0.6 is 0 Å². The molecule has 29 heavy (non-hydrogen) atoms. The fraction of sp³-hybridized carbons (Fsp3) is 0.586. The van der Waals surface area contributed by atoms with Gasteiger partial charge in [0.15, 0.2) is 0 Å². The predicted octanol–water partition coefficient (Wildman–Crippen LogP) is 10.2. The molecule has 0 fully saturated rings. The molecule has 0 aliphatic rings. The molecular formula is C29H48. The number of hydrogen-bond donors (Lipinski definition) is 0. The summed E-state index contributed by atoms with van der Waals surface area (Å²) >= 11 is 0. The predicted molar refractivity (Wildman–Crippen MR) is 135 cm³/mol. The topological polar surface area (TPSA) is 0 Å². The summed E-state index contributed by atoms with van der Waals surface area (Å²) in [7, 11) is 0. The van der Waals surface area contributed by atoms with Gasteiger partial charge in [-0.05, 0) is 83.5 Å². The van der Waals surface area contributed by atoms with Crippen LogP contribution < -0.4 is 0 Å². The van der Waals surface area contributed by atoms with Gasteiger partial charge < -0.3 is 0 Å². The second-order valence-corrected chi connectivity index (χ2v) is 7.74. The van der Waals surface area contributed by atoms with Gasteiger partial charge in [0.25, 0.3) is 0 Å². The van der Waals surface area contributed by atoms with Gasteiger partial charge in [-0.1, -0.05) is 93.0 Å². The summed E-state index contributed by atoms with van der Waals surface area (Å²) in [6, 6.07) is 0. The van der Waals surface area contributed by atoms with Crippen molar-refractivity contribution in [1.29, 1.82) is 0 Å². The van der Waals surface area contributed by atoms with Gasteiger partial charge in [0.1, 0.15) is 0 Å². The highest BCUT2D eigenvalue weighted by Gasteiger charge is 1.85. The number of hydrogen-bond acceptors (Lipinski definition) is 0. The normalized spacial score (nSPS) is 12.6. The van der Waals surface area contributed by atoms with Crippen molar-refractivity contribution in [3.63, 3.8) is 0 Å². The van der Waals surface area contributed by atoms with Crippen LogP contribution in [0.1, 0.15) is 110 Å². The Morgan fingerprint density at radius 2 is 0.724 bits per heavy atom. The standard InChI is InChI=1S/C29H48/c1-3-5-7-9-11-13-15-17-19-21-23-25-27-29-28-26-24-22-20-18-16-14-12-10-8-6-4-2/h3,11,13-14,16,19,21-22,24,27,29H,1,4-10,12,15,17-18,20,23,25-26,28H2,2H3. The third-order valence-electron chi connectivity index (χ3n) is 4.84. The van der Waals surface area contributed by atoms with Crippen molar-refractivity contribution in [2.75, 3.05) is 0 Å². The highest BCUT2D eigenvalue weighted by molar-refractivity contribution is 4.93. The first-order chi connectivity index (χ1) is 14.4. The summed E-state index contributed by atoms with van der Waals surface area (Å²) in [6.45, 7) is 6.02. The van der Waals surface area contributed by atoms with E-state index in [-0.39, 0.29) is 0 Å². The lowest BCUT2D eigenvalue weighted by atomic mass is 10.1. The Kier molecular flexibility index (Phi) is 25.0. The van der Waals surface area contributed by atoms with Crippen LogP contribution in [0.25, 0.3) is 0 Å². The molecule has 0 N–H and O–H groups in total. The molecule has 0 heterocycles. The van der Waals surface area contributed by atoms with Crippen molar-refractivity contribution < 1.29 is 0 Å². The summed E-state index contributed by atoms with van der Waals surface area (Å²) in [5, 5.41) is 0. The molecule has 0 aromatic heterocycles. The molecule has 0 aromatic carbocycles. The van der Waals surface area contributed by atoms with Crippen LogP contribution in [-0.2, 0) is 0 Å². The third-order valence-corrected chi connectivity index (χ3v) is 4.84. The molecule has 0 aliphatic heterocycles. The van der Waals surface area contributed by atoms with Gasteiger partial charge in [-0.25, -0.2) is 0 Å². The number of unbranched alkanes of at least 4 members (excludes halogenated alkanes) is 10. The van der Waals surface area contributed by atoms with Crippen LogP contribution in [0.2, 0.25) is 0 Å². The summed E-state index contributed by atoms with van der Waals surface area (Å²) in [5.74, 6) is 0. The highest BCUT2D eigenvalue weighted by Crippen LogP contribution is 2.05. The average molecular weight is 397 g/mol. The first-order valence-electron chi connectivity index (χ1n) is 12.3. The monoisotopic (exact) mass is 396 g/mol. The van der Waals surface area contributed by atoms with Crippen LogP contribution in [0.3, 0.4) is 0 Å². The molecule has 0 amide bonds. The molecule has 0 saturated heterocycles. The molecule has 0 aromatic rings. The molecule has 0 saturated carbocycles. The molecule has 0 bridgehead atoms. The van der Waals surface area contributed by atoms with E-state index < -0.39 is 0 Å². The third kappa shape index (κ3) is 26.4. The lowest BCUT2D eigenvalue weighted by Gasteiger charge is -1.94. The first kappa shape index (κ1) is 27.4. The highest BCUT2D eigenvalue weighted by atomic mass is 13.9. The fourth-order valence-electron chi connectivity index (χ4n) is 3.02. The Balaban J connectivity index is 3.35. The molecule has 0 atom stereocenters. The SMILES string of the molecule is C=CCCCC=CCCC=CCCC=CCCC=CCCC=CCCCCCC. The number of rotatable bonds is 21. The van der Waals surface area contributed by atoms with Crippen LogP contribution in [0, 0.1) is 0 Å². The zero-order valence-electron chi connectivity index (χ0n) is 19.4. The molecule has 0 unspecified atom stereocenters. The average Bonchev–Trinajstić information content (AvgIpc) is 2.74. The van der Waals surface area contributed by atoms with Crippen molar-refractivity contribution >= 4 is 0 Å². The van der Waals surface area contributed by atoms with Crippen LogP contribution in [0.4, 0.5) is 0 Å². The van der Waals surface area contributed by atoms with E-state index in [1.165, 1.54) is 96.3 Å². The number of allylic oxidation sites excluding steroid dienone is 11. The van der Waals surface area contributed by atoms with E-state index >= 15 is 0 Å². The minimum atomic E-state index is 1.13. The van der Waals surface area contributed by atoms with E-state index in [2.05, 4.69) is 74.3 Å². The second-order valence-electron chi connectivity index (χ2n) is 7.74. The molecule has 0 spiro atoms. The van der Waals surface area contributed by atoms with E-state index in [0.717, 1.165) is 6.42 Å². The summed E-state index contributed by atoms with van der Waals surface area (Å²) < 4.78 is 0. The second kappa shape index (κ2) is 26.4. The van der Waals surface area contributed by atoms with E-state index in [1.54, 1.807) is 0 Å². The van der Waals surface area contributed by atoms with Crippen molar-refractivity contribution in [3.8, 4) is 0 Å². The summed E-state index contributed by atoms with van der Waals surface area (Å²) in [5.41, 5.74) is 0. The lowest BCUT2D eigenvalue weighted by Crippen LogP contribution is -1.74. The maximum Gasteiger partial charge on any atom is -0.0316 e. The zero-order chi connectivity index (χ0) is 21.1. The molecule has 0 heteroatoms. The summed E-state index contributed by atoms with van der Waals surface area (Å²) in [4.78, 5) is 0. The van der Waals surface area contributed by atoms with Gasteiger partial charge in [-0.15, -0.1) is 6.58 Å². The van der Waals surface area contributed by atoms with Gasteiger partial charge in [0.05, 0.1) is 0 Å². The Labute approximate surface area is 183 Å². The van der Waals surface area contributed by atoms with Gasteiger partial charge in [0.2, 0.25) is 0 Å². The quantitative estimate of drug-likeness (QED) is 0.134. The van der Waals surface area contributed by atoms with Crippen molar-refractivity contribution in [2.24, 2.45) is 0 Å². The van der Waals surface area contributed by atoms with Gasteiger partial charge in [0, 0.05) is 0 Å². The lowest BCUT2D eigenvalue weighted by molar-refractivity contribution is 0.674. The minimum Gasteiger partial charge on any atom is -0.103 e. The van der Waals surface area contributed by atoms with Crippen LogP contribution in [0.15, 0.2) is 73.4 Å². The minimum absolute atomic E-state index is 1.13. The van der Waals surface area contributed by atoms with Crippen molar-refractivity contribution in [1.82, 2.24) is 0 Å². The first-order valence-corrected chi connectivity index (χ1v) is 12.3. The molecule has 0 aliphatic carbocycles. The van der Waals surface area contributed by atoms with E-state index in [9.17, 15) is 0 Å². The van der Waals surface area contributed by atoms with Crippen LogP contribution in [0.5, 0.6) is 0 Å². The molecular weight excluding hydrogens is 348 g/mol. The molecule has 0 rings (SSSR count). The fourth-order valence-corrected chi connectivity index (χ4v) is 3.02. The van der Waals surface area contributed by atoms with Gasteiger partial charge in [-0.3, -0.25) is 0 Å². The van der Waals surface area contributed by atoms with Crippen molar-refractivity contribution in [2.45, 2.75) is 110 Å². The van der Waals surface area contributed by atoms with E-state index in [1.807, 2.05) is 6.08 Å². The van der Waals surface area contributed by atoms with E-state index in [4.69, 9.17) is 0 Å². The Hall–Kier alpha value is -1.56. The summed E-state index contributed by atoms with van der Waals surface area (Å²) in [6.07, 6.45) is 45.0. The molecule has 0 radical (unpaired) electrons. The van der Waals surface area contributed by atoms with Crippen molar-refractivity contribution in [3.05, 3.63) is 73.4 Å². The van der Waals surface area contributed by atoms with Crippen LogP contribution in [-0.4, -0.2) is 0 Å². The molecule has 164 valence electrons. The Bertz CT molecular complexity index is 458. The van der Waals surface area contributed by atoms with Gasteiger partial charge >= 0.3 is 0 Å². The maximum atomic E-state index is 3.75. The van der Waals surface area contributed by atoms with Gasteiger partial charge in [-0.2, -0.15) is 0 Å². The van der Waals surface area contributed by atoms with E-state index in [0.29, 0.717) is 0 Å². The smallest absolute Gasteiger partial charge is 0.0316 e. The Morgan fingerprint density at radius 1 is 0.379 bits per heavy atom. The largest absolute Gasteiger partial charge is 0.103 e. The zero-order valence-corrected chi connectivity index (χ0v) is 19.4. The Morgan fingerprint density at radius 3 is 1.07 bits per heavy atom.